The van der Waals surface area contributed by atoms with E-state index in [4.69, 9.17) is 4.74 Å². The Bertz CT molecular complexity index is 505. The Morgan fingerprint density at radius 1 is 1.32 bits per heavy atom. The number of hydrogen-bond donors (Lipinski definition) is 0. The number of amides is 1. The van der Waals surface area contributed by atoms with Crippen LogP contribution in [0.1, 0.15) is 22.1 Å². The predicted molar refractivity (Wildman–Crippen MR) is 79.7 cm³/mol. The summed E-state index contributed by atoms with van der Waals surface area (Å²) in [7, 11) is 0.426. The van der Waals surface area contributed by atoms with Crippen LogP contribution in [-0.2, 0) is 4.74 Å². The van der Waals surface area contributed by atoms with Crippen molar-refractivity contribution in [1.82, 2.24) is 4.90 Å². The van der Waals surface area contributed by atoms with Crippen LogP contribution in [0.4, 0.5) is 0 Å². The number of hydrogen-bond acceptors (Lipinski definition) is 2. The van der Waals surface area contributed by atoms with Crippen LogP contribution >= 0.6 is 0 Å². The lowest BCUT2D eigenvalue weighted by Gasteiger charge is -2.23. The summed E-state index contributed by atoms with van der Waals surface area (Å²) in [5.41, 5.74) is 3.99. The fraction of sp³-hybridized carbons (Fsp3) is 0.400. The van der Waals surface area contributed by atoms with Gasteiger partial charge in [-0.15, -0.1) is 0 Å². The van der Waals surface area contributed by atoms with Crippen molar-refractivity contribution >= 4 is 14.0 Å². The number of carbonyl (C=O) groups excluding carboxylic acids is 1. The van der Waals surface area contributed by atoms with E-state index in [0.717, 1.165) is 11.1 Å². The van der Waals surface area contributed by atoms with Gasteiger partial charge in [-0.2, -0.15) is 0 Å². The number of fused-ring (bicyclic) bond motifs is 1. The molecule has 0 spiro atoms. The molecule has 1 aromatic rings. The Balaban J connectivity index is 2.19. The van der Waals surface area contributed by atoms with Gasteiger partial charge in [0.25, 0.3) is 5.91 Å². The molecule has 3 nitrogen and oxygen atoms in total. The largest absolute Gasteiger partial charge is 0.357 e. The van der Waals surface area contributed by atoms with Crippen molar-refractivity contribution in [2.75, 3.05) is 13.7 Å². The van der Waals surface area contributed by atoms with Crippen LogP contribution in [-0.4, -0.2) is 32.5 Å². The Morgan fingerprint density at radius 3 is 2.63 bits per heavy atom. The molecule has 0 saturated heterocycles. The summed E-state index contributed by atoms with van der Waals surface area (Å²) in [5, 5.41) is 0. The molecule has 4 heteroatoms. The zero-order chi connectivity index (χ0) is 14.0. The van der Waals surface area contributed by atoms with E-state index in [0.29, 0.717) is 6.54 Å². The molecule has 0 saturated carbocycles. The highest BCUT2D eigenvalue weighted by Crippen LogP contribution is 2.33. The van der Waals surface area contributed by atoms with Gasteiger partial charge < -0.3 is 9.64 Å². The second-order valence-electron chi connectivity index (χ2n) is 5.90. The molecule has 0 radical (unpaired) electrons. The third-order valence-electron chi connectivity index (χ3n) is 3.14. The molecule has 1 aliphatic rings. The lowest BCUT2D eigenvalue weighted by molar-refractivity contribution is -0.00730. The van der Waals surface area contributed by atoms with Crippen molar-refractivity contribution < 1.29 is 9.53 Å². The smallest absolute Gasteiger partial charge is 0.256 e. The van der Waals surface area contributed by atoms with Gasteiger partial charge >= 0.3 is 0 Å². The molecule has 1 aliphatic heterocycles. The molecule has 102 valence electrons. The van der Waals surface area contributed by atoms with Crippen molar-refractivity contribution in [3.63, 3.8) is 0 Å². The average Bonchev–Trinajstić information content (AvgIpc) is 2.62. The minimum absolute atomic E-state index is 0.0580. The van der Waals surface area contributed by atoms with Gasteiger partial charge in [-0.25, -0.2) is 0 Å². The van der Waals surface area contributed by atoms with Crippen molar-refractivity contribution in [2.24, 2.45) is 0 Å². The summed E-state index contributed by atoms with van der Waals surface area (Å²) < 4.78 is 5.49. The van der Waals surface area contributed by atoms with E-state index in [-0.39, 0.29) is 12.1 Å². The molecule has 0 aliphatic carbocycles. The summed E-state index contributed by atoms with van der Waals surface area (Å²) in [6, 6.07) is 7.67. The Labute approximate surface area is 115 Å². The topological polar surface area (TPSA) is 29.5 Å². The third kappa shape index (κ3) is 2.96. The lowest BCUT2D eigenvalue weighted by atomic mass is 10.1. The van der Waals surface area contributed by atoms with Crippen molar-refractivity contribution in [3.05, 3.63) is 47.2 Å². The second kappa shape index (κ2) is 5.31. The molecule has 0 fully saturated rings. The van der Waals surface area contributed by atoms with Gasteiger partial charge in [0, 0.05) is 24.8 Å². The lowest BCUT2D eigenvalue weighted by Crippen LogP contribution is -2.29. The van der Waals surface area contributed by atoms with Gasteiger partial charge in [0.1, 0.15) is 0 Å². The molecular formula is C15H21NO2Si. The second-order valence-corrected chi connectivity index (χ2v) is 11.0. The predicted octanol–water partition coefficient (Wildman–Crippen LogP) is 3.22. The average molecular weight is 275 g/mol. The van der Waals surface area contributed by atoms with Crippen LogP contribution in [0.15, 0.2) is 36.0 Å². The molecule has 0 bridgehead atoms. The number of ether oxygens (including phenoxy) is 1. The molecule has 0 aromatic heterocycles. The Kier molecular flexibility index (Phi) is 3.92. The number of carbonyl (C=O) groups is 1. The van der Waals surface area contributed by atoms with E-state index < -0.39 is 8.07 Å². The number of benzene rings is 1. The van der Waals surface area contributed by atoms with Gasteiger partial charge in [-0.05, 0) is 6.07 Å². The standard InChI is InChI=1S/C15H21NO2Si/c1-18-15-13-9-6-5-8-12(13)14(17)16(15)10-7-11-19(2,3)4/h5-9,11,15H,10H2,1-4H3/b11-7+. The van der Waals surface area contributed by atoms with E-state index in [1.165, 1.54) is 0 Å². The fourth-order valence-corrected chi connectivity index (χ4v) is 3.10. The zero-order valence-electron chi connectivity index (χ0n) is 12.0. The van der Waals surface area contributed by atoms with E-state index in [2.05, 4.69) is 31.4 Å². The molecule has 1 unspecified atom stereocenters. The maximum Gasteiger partial charge on any atom is 0.256 e. The Morgan fingerprint density at radius 2 is 2.00 bits per heavy atom. The van der Waals surface area contributed by atoms with Crippen LogP contribution < -0.4 is 0 Å². The maximum absolute atomic E-state index is 12.3. The molecule has 2 rings (SSSR count). The summed E-state index contributed by atoms with van der Waals surface area (Å²) in [5.74, 6) is 0.0580. The first kappa shape index (κ1) is 14.0. The fourth-order valence-electron chi connectivity index (χ4n) is 2.29. The first-order valence-corrected chi connectivity index (χ1v) is 10.1. The van der Waals surface area contributed by atoms with Crippen LogP contribution in [0, 0.1) is 0 Å². The van der Waals surface area contributed by atoms with Gasteiger partial charge in [0.15, 0.2) is 6.23 Å². The van der Waals surface area contributed by atoms with Crippen molar-refractivity contribution in [1.29, 1.82) is 0 Å². The van der Waals surface area contributed by atoms with E-state index in [1.54, 1.807) is 12.0 Å². The molecule has 19 heavy (non-hydrogen) atoms. The Hall–Kier alpha value is -1.39. The first-order chi connectivity index (χ1) is 8.94. The van der Waals surface area contributed by atoms with Crippen LogP contribution in [0.3, 0.4) is 0 Å². The van der Waals surface area contributed by atoms with E-state index >= 15 is 0 Å². The zero-order valence-corrected chi connectivity index (χ0v) is 13.0. The normalized spacial score (nSPS) is 19.3. The number of nitrogens with zero attached hydrogens (tertiary/aromatic N) is 1. The molecule has 1 aromatic carbocycles. The molecule has 1 heterocycles. The van der Waals surface area contributed by atoms with E-state index in [9.17, 15) is 4.79 Å². The molecule has 1 amide bonds. The highest BCUT2D eigenvalue weighted by Gasteiger charge is 2.35. The summed E-state index contributed by atoms with van der Waals surface area (Å²) in [6.07, 6.45) is 1.84. The van der Waals surface area contributed by atoms with E-state index in [1.807, 2.05) is 24.3 Å². The van der Waals surface area contributed by atoms with Gasteiger partial charge in [0.05, 0.1) is 8.07 Å². The first-order valence-electron chi connectivity index (χ1n) is 6.54. The SMILES string of the molecule is COC1c2ccccc2C(=O)N1C/C=C/[Si](C)(C)C. The monoisotopic (exact) mass is 275 g/mol. The molecular weight excluding hydrogens is 254 g/mol. The summed E-state index contributed by atoms with van der Waals surface area (Å²) in [6.45, 7) is 7.43. The van der Waals surface area contributed by atoms with Gasteiger partial charge in [-0.1, -0.05) is 49.6 Å². The molecule has 0 N–H and O–H groups in total. The minimum Gasteiger partial charge on any atom is -0.357 e. The number of methoxy groups -OCH3 is 1. The van der Waals surface area contributed by atoms with Gasteiger partial charge in [-0.3, -0.25) is 4.79 Å². The summed E-state index contributed by atoms with van der Waals surface area (Å²) in [4.78, 5) is 14.1. The van der Waals surface area contributed by atoms with Crippen LogP contribution in [0.5, 0.6) is 0 Å². The van der Waals surface area contributed by atoms with Gasteiger partial charge in [0.2, 0.25) is 0 Å². The van der Waals surface area contributed by atoms with Crippen molar-refractivity contribution in [2.45, 2.75) is 25.9 Å². The highest BCUT2D eigenvalue weighted by atomic mass is 28.3. The highest BCUT2D eigenvalue weighted by molar-refractivity contribution is 6.80. The third-order valence-corrected chi connectivity index (χ3v) is 4.38. The van der Waals surface area contributed by atoms with Crippen molar-refractivity contribution in [3.8, 4) is 0 Å². The quantitative estimate of drug-likeness (QED) is 0.790. The maximum atomic E-state index is 12.3. The van der Waals surface area contributed by atoms with Crippen LogP contribution in [0.2, 0.25) is 19.6 Å². The number of rotatable bonds is 4. The molecule has 1 atom stereocenters. The minimum atomic E-state index is -1.22. The summed E-state index contributed by atoms with van der Waals surface area (Å²) >= 11 is 0. The van der Waals surface area contributed by atoms with Crippen LogP contribution in [0.25, 0.3) is 0 Å².